The molecule has 0 bridgehead atoms. The minimum Gasteiger partial charge on any atom is -0.372 e. The summed E-state index contributed by atoms with van der Waals surface area (Å²) in [4.78, 5) is 15.3. The van der Waals surface area contributed by atoms with Crippen molar-refractivity contribution in [2.75, 3.05) is 28.0 Å². The van der Waals surface area contributed by atoms with Gasteiger partial charge in [-0.1, -0.05) is 12.1 Å². The number of carbonyl (C=O) groups excluding carboxylic acids is 1. The van der Waals surface area contributed by atoms with Gasteiger partial charge in [0.1, 0.15) is 0 Å². The molecule has 1 aliphatic rings. The van der Waals surface area contributed by atoms with E-state index in [-0.39, 0.29) is 16.4 Å². The van der Waals surface area contributed by atoms with Gasteiger partial charge < -0.3 is 10.2 Å². The van der Waals surface area contributed by atoms with Gasteiger partial charge in [0.2, 0.25) is 0 Å². The molecular weight excluding hydrogens is 434 g/mol. The van der Waals surface area contributed by atoms with Gasteiger partial charge in [-0.25, -0.2) is 8.42 Å². The summed E-state index contributed by atoms with van der Waals surface area (Å²) < 4.78 is 28.8. The number of hydrogen-bond acceptors (Lipinski definition) is 4. The van der Waals surface area contributed by atoms with Gasteiger partial charge in [0.15, 0.2) is 0 Å². The second-order valence-corrected chi connectivity index (χ2v) is 10.3. The Bertz CT molecular complexity index is 1260. The van der Waals surface area contributed by atoms with Crippen LogP contribution in [-0.2, 0) is 10.0 Å². The fourth-order valence-electron chi connectivity index (χ4n) is 4.21. The zero-order chi connectivity index (χ0) is 23.6. The first-order chi connectivity index (χ1) is 15.7. The lowest BCUT2D eigenvalue weighted by atomic mass is 10.1. The highest BCUT2D eigenvalue weighted by molar-refractivity contribution is 7.92. The molecule has 1 heterocycles. The van der Waals surface area contributed by atoms with E-state index in [1.54, 1.807) is 31.2 Å². The average Bonchev–Trinajstić information content (AvgIpc) is 3.28. The summed E-state index contributed by atoms with van der Waals surface area (Å²) in [5.74, 6) is -0.355. The van der Waals surface area contributed by atoms with Gasteiger partial charge in [0.05, 0.1) is 4.90 Å². The summed E-state index contributed by atoms with van der Waals surface area (Å²) in [6, 6.07) is 18.0. The number of hydrogen-bond donors (Lipinski definition) is 2. The van der Waals surface area contributed by atoms with Crippen molar-refractivity contribution in [3.63, 3.8) is 0 Å². The number of rotatable bonds is 6. The first-order valence-electron chi connectivity index (χ1n) is 11.1. The molecule has 0 spiro atoms. The zero-order valence-corrected chi connectivity index (χ0v) is 20.0. The standard InChI is InChI=1S/C26H29N3O3S/c1-18-14-19(2)16-23(15-18)28-33(31,32)25-17-21(7-6-20(25)3)26(30)27-22-8-10-24(11-9-22)29-12-4-5-13-29/h6-11,14-17,28H,4-5,12-13H2,1-3H3,(H,27,30). The molecule has 1 fully saturated rings. The molecule has 4 rings (SSSR count). The van der Waals surface area contributed by atoms with E-state index in [0.29, 0.717) is 16.9 Å². The fourth-order valence-corrected chi connectivity index (χ4v) is 5.52. The monoisotopic (exact) mass is 463 g/mol. The first kappa shape index (κ1) is 22.9. The molecule has 1 saturated heterocycles. The zero-order valence-electron chi connectivity index (χ0n) is 19.2. The summed E-state index contributed by atoms with van der Waals surface area (Å²) in [6.07, 6.45) is 2.41. The second kappa shape index (κ2) is 9.27. The van der Waals surface area contributed by atoms with Crippen molar-refractivity contribution in [1.29, 1.82) is 0 Å². The highest BCUT2D eigenvalue weighted by atomic mass is 32.2. The van der Waals surface area contributed by atoms with Gasteiger partial charge in [-0.05, 0) is 98.8 Å². The first-order valence-corrected chi connectivity index (χ1v) is 12.6. The number of nitrogens with one attached hydrogen (secondary N) is 2. The van der Waals surface area contributed by atoms with E-state index in [4.69, 9.17) is 0 Å². The molecule has 0 saturated carbocycles. The Labute approximate surface area is 195 Å². The molecule has 33 heavy (non-hydrogen) atoms. The maximum absolute atomic E-state index is 13.1. The molecule has 0 atom stereocenters. The van der Waals surface area contributed by atoms with Crippen molar-refractivity contribution < 1.29 is 13.2 Å². The van der Waals surface area contributed by atoms with Crippen LogP contribution in [0.5, 0.6) is 0 Å². The van der Waals surface area contributed by atoms with Crippen LogP contribution in [0.1, 0.15) is 39.9 Å². The number of amides is 1. The van der Waals surface area contributed by atoms with Crippen LogP contribution in [0.4, 0.5) is 17.1 Å². The van der Waals surface area contributed by atoms with E-state index in [9.17, 15) is 13.2 Å². The third-order valence-corrected chi connectivity index (χ3v) is 7.33. The predicted octanol–water partition coefficient (Wildman–Crippen LogP) is 5.27. The number of carbonyl (C=O) groups is 1. The molecule has 0 aromatic heterocycles. The molecule has 6 nitrogen and oxygen atoms in total. The van der Waals surface area contributed by atoms with E-state index in [0.717, 1.165) is 29.9 Å². The summed E-state index contributed by atoms with van der Waals surface area (Å²) in [7, 11) is -3.86. The third-order valence-electron chi connectivity index (χ3n) is 5.81. The maximum atomic E-state index is 13.1. The van der Waals surface area contributed by atoms with E-state index in [1.807, 2.05) is 44.2 Å². The largest absolute Gasteiger partial charge is 0.372 e. The van der Waals surface area contributed by atoms with Crippen LogP contribution < -0.4 is 14.9 Å². The smallest absolute Gasteiger partial charge is 0.262 e. The van der Waals surface area contributed by atoms with Crippen LogP contribution in [0.15, 0.2) is 65.6 Å². The van der Waals surface area contributed by atoms with Crippen molar-refractivity contribution in [3.05, 3.63) is 82.9 Å². The molecule has 1 amide bonds. The van der Waals surface area contributed by atoms with Crippen LogP contribution in [0.3, 0.4) is 0 Å². The van der Waals surface area contributed by atoms with Gasteiger partial charge in [-0.2, -0.15) is 0 Å². The summed E-state index contributed by atoms with van der Waals surface area (Å²) >= 11 is 0. The molecule has 0 aliphatic carbocycles. The Balaban J connectivity index is 1.52. The Morgan fingerprint density at radius 3 is 2.09 bits per heavy atom. The van der Waals surface area contributed by atoms with Gasteiger partial charge >= 0.3 is 0 Å². The van der Waals surface area contributed by atoms with Crippen molar-refractivity contribution in [3.8, 4) is 0 Å². The molecular formula is C26H29N3O3S. The molecule has 0 radical (unpaired) electrons. The van der Waals surface area contributed by atoms with E-state index in [2.05, 4.69) is 14.9 Å². The summed E-state index contributed by atoms with van der Waals surface area (Å²) in [6.45, 7) is 7.66. The fraction of sp³-hybridized carbons (Fsp3) is 0.269. The predicted molar refractivity (Wildman–Crippen MR) is 134 cm³/mol. The van der Waals surface area contributed by atoms with Gasteiger partial charge in [0, 0.05) is 35.7 Å². The Hall–Kier alpha value is -3.32. The minimum atomic E-state index is -3.86. The van der Waals surface area contributed by atoms with E-state index < -0.39 is 10.0 Å². The lowest BCUT2D eigenvalue weighted by Gasteiger charge is -2.18. The molecule has 1 aliphatic heterocycles. The van der Waals surface area contributed by atoms with Gasteiger partial charge in [0.25, 0.3) is 15.9 Å². The van der Waals surface area contributed by atoms with Crippen molar-refractivity contribution in [2.45, 2.75) is 38.5 Å². The second-order valence-electron chi connectivity index (χ2n) is 8.66. The number of anilines is 3. The molecule has 3 aromatic carbocycles. The highest BCUT2D eigenvalue weighted by Crippen LogP contribution is 2.24. The van der Waals surface area contributed by atoms with Crippen LogP contribution in [0, 0.1) is 20.8 Å². The van der Waals surface area contributed by atoms with Gasteiger partial charge in [-0.3, -0.25) is 9.52 Å². The van der Waals surface area contributed by atoms with E-state index >= 15 is 0 Å². The van der Waals surface area contributed by atoms with Crippen LogP contribution >= 0.6 is 0 Å². The van der Waals surface area contributed by atoms with Crippen molar-refractivity contribution >= 4 is 33.0 Å². The Morgan fingerprint density at radius 1 is 0.818 bits per heavy atom. The number of aryl methyl sites for hydroxylation is 3. The minimum absolute atomic E-state index is 0.0821. The number of sulfonamides is 1. The molecule has 172 valence electrons. The number of benzene rings is 3. The van der Waals surface area contributed by atoms with Gasteiger partial charge in [-0.15, -0.1) is 0 Å². The maximum Gasteiger partial charge on any atom is 0.262 e. The summed E-state index contributed by atoms with van der Waals surface area (Å²) in [5.41, 5.74) is 5.10. The molecule has 3 aromatic rings. The van der Waals surface area contributed by atoms with Crippen LogP contribution in [-0.4, -0.2) is 27.4 Å². The van der Waals surface area contributed by atoms with Crippen LogP contribution in [0.25, 0.3) is 0 Å². The Kier molecular flexibility index (Phi) is 6.42. The third kappa shape index (κ3) is 5.37. The SMILES string of the molecule is Cc1cc(C)cc(NS(=O)(=O)c2cc(C(=O)Nc3ccc(N4CCCC4)cc3)ccc2C)c1. The molecule has 0 unspecified atom stereocenters. The highest BCUT2D eigenvalue weighted by Gasteiger charge is 2.20. The number of nitrogens with zero attached hydrogens (tertiary/aromatic N) is 1. The lowest BCUT2D eigenvalue weighted by molar-refractivity contribution is 0.102. The topological polar surface area (TPSA) is 78.5 Å². The average molecular weight is 464 g/mol. The van der Waals surface area contributed by atoms with E-state index in [1.165, 1.54) is 18.9 Å². The molecule has 2 N–H and O–H groups in total. The lowest BCUT2D eigenvalue weighted by Crippen LogP contribution is -2.18. The Morgan fingerprint density at radius 2 is 1.45 bits per heavy atom. The van der Waals surface area contributed by atoms with Crippen molar-refractivity contribution in [1.82, 2.24) is 0 Å². The van der Waals surface area contributed by atoms with Crippen LogP contribution in [0.2, 0.25) is 0 Å². The quantitative estimate of drug-likeness (QED) is 0.522. The van der Waals surface area contributed by atoms with Crippen molar-refractivity contribution in [2.24, 2.45) is 0 Å². The summed E-state index contributed by atoms with van der Waals surface area (Å²) in [5, 5.41) is 2.87. The normalized spacial score (nSPS) is 13.7. The molecule has 7 heteroatoms.